The Bertz CT molecular complexity index is 325. The number of rotatable bonds is 31. The van der Waals surface area contributed by atoms with E-state index in [0.29, 0.717) is 132 Å². The van der Waals surface area contributed by atoms with Crippen LogP contribution in [0.15, 0.2) is 0 Å². The zero-order valence-electron chi connectivity index (χ0n) is 20.9. The van der Waals surface area contributed by atoms with Crippen LogP contribution in [0.5, 0.6) is 0 Å². The zero-order valence-corrected chi connectivity index (χ0v) is 20.9. The molecule has 0 aliphatic heterocycles. The Morgan fingerprint density at radius 2 is 0.471 bits per heavy atom. The van der Waals surface area contributed by atoms with Gasteiger partial charge in [0.1, 0.15) is 0 Å². The SMILES string of the molecule is COCCOCCOCCOCCOCCOCCOCCOCCOCCOCCOCN. The van der Waals surface area contributed by atoms with Crippen LogP contribution in [0.3, 0.4) is 0 Å². The van der Waals surface area contributed by atoms with Gasteiger partial charge in [0.2, 0.25) is 0 Å². The summed E-state index contributed by atoms with van der Waals surface area (Å²) < 4.78 is 58.3. The maximum absolute atomic E-state index is 5.44. The van der Waals surface area contributed by atoms with Crippen LogP contribution in [0.1, 0.15) is 0 Å². The molecule has 0 amide bonds. The molecule has 0 radical (unpaired) electrons. The predicted molar refractivity (Wildman–Crippen MR) is 124 cm³/mol. The van der Waals surface area contributed by atoms with E-state index in [0.717, 1.165) is 0 Å². The van der Waals surface area contributed by atoms with Crippen molar-refractivity contribution in [3.63, 3.8) is 0 Å². The molecule has 0 heterocycles. The minimum atomic E-state index is 0.214. The van der Waals surface area contributed by atoms with Gasteiger partial charge in [0.05, 0.1) is 139 Å². The summed E-state index contributed by atoms with van der Waals surface area (Å²) in [6, 6.07) is 0. The summed E-state index contributed by atoms with van der Waals surface area (Å²) >= 11 is 0. The van der Waals surface area contributed by atoms with Gasteiger partial charge in [-0.1, -0.05) is 0 Å². The van der Waals surface area contributed by atoms with E-state index in [1.54, 1.807) is 7.11 Å². The Hall–Kier alpha value is -0.480. The van der Waals surface area contributed by atoms with Gasteiger partial charge in [-0.25, -0.2) is 0 Å². The fourth-order valence-electron chi connectivity index (χ4n) is 2.20. The van der Waals surface area contributed by atoms with Gasteiger partial charge in [0, 0.05) is 7.11 Å². The second-order valence-electron chi connectivity index (χ2n) is 6.58. The van der Waals surface area contributed by atoms with Crippen molar-refractivity contribution < 1.29 is 52.1 Å². The zero-order chi connectivity index (χ0) is 24.6. The van der Waals surface area contributed by atoms with Gasteiger partial charge in [0.15, 0.2) is 0 Å². The first kappa shape index (κ1) is 33.5. The fourth-order valence-corrected chi connectivity index (χ4v) is 2.20. The molecule has 0 atom stereocenters. The van der Waals surface area contributed by atoms with E-state index in [9.17, 15) is 0 Å². The fraction of sp³-hybridized carbons (Fsp3) is 1.00. The Morgan fingerprint density at radius 1 is 0.294 bits per heavy atom. The Balaban J connectivity index is 2.99. The quantitative estimate of drug-likeness (QED) is 0.0991. The molecule has 0 fully saturated rings. The first-order valence-electron chi connectivity index (χ1n) is 11.9. The average molecular weight is 502 g/mol. The highest BCUT2D eigenvalue weighted by Gasteiger charge is 1.95. The first-order valence-corrected chi connectivity index (χ1v) is 11.9. The number of hydrogen-bond donors (Lipinski definition) is 1. The molecule has 12 heteroatoms. The van der Waals surface area contributed by atoms with Crippen LogP contribution in [-0.4, -0.2) is 146 Å². The van der Waals surface area contributed by atoms with Gasteiger partial charge in [-0.15, -0.1) is 0 Å². The lowest BCUT2D eigenvalue weighted by Gasteiger charge is -2.09. The smallest absolute Gasteiger partial charge is 0.0941 e. The normalized spacial score (nSPS) is 11.5. The number of hydrogen-bond acceptors (Lipinski definition) is 12. The lowest BCUT2D eigenvalue weighted by molar-refractivity contribution is -0.0270. The van der Waals surface area contributed by atoms with Crippen molar-refractivity contribution in [2.75, 3.05) is 146 Å². The van der Waals surface area contributed by atoms with Crippen molar-refractivity contribution in [3.05, 3.63) is 0 Å². The van der Waals surface area contributed by atoms with E-state index in [4.69, 9.17) is 57.8 Å². The van der Waals surface area contributed by atoms with E-state index >= 15 is 0 Å². The van der Waals surface area contributed by atoms with Crippen LogP contribution < -0.4 is 5.73 Å². The topological polar surface area (TPSA) is 128 Å². The van der Waals surface area contributed by atoms with Crippen molar-refractivity contribution in [1.82, 2.24) is 0 Å². The van der Waals surface area contributed by atoms with Crippen LogP contribution in [0.25, 0.3) is 0 Å². The lowest BCUT2D eigenvalue weighted by Crippen LogP contribution is -2.15. The first-order chi connectivity index (χ1) is 16.9. The summed E-state index contributed by atoms with van der Waals surface area (Å²) in [5.74, 6) is 0. The van der Waals surface area contributed by atoms with E-state index in [1.807, 2.05) is 0 Å². The molecule has 206 valence electrons. The molecule has 2 N–H and O–H groups in total. The number of ether oxygens (including phenoxy) is 11. The van der Waals surface area contributed by atoms with E-state index in [-0.39, 0.29) is 6.73 Å². The van der Waals surface area contributed by atoms with Gasteiger partial charge in [-0.3, -0.25) is 0 Å². The highest BCUT2D eigenvalue weighted by atomic mass is 16.6. The van der Waals surface area contributed by atoms with Gasteiger partial charge in [-0.05, 0) is 0 Å². The minimum Gasteiger partial charge on any atom is -0.382 e. The lowest BCUT2D eigenvalue weighted by atomic mass is 10.6. The molecule has 34 heavy (non-hydrogen) atoms. The molecule has 0 aromatic heterocycles. The number of nitrogens with two attached hydrogens (primary N) is 1. The maximum atomic E-state index is 5.44. The minimum absolute atomic E-state index is 0.214. The van der Waals surface area contributed by atoms with Gasteiger partial charge in [0.25, 0.3) is 0 Å². The third-order valence-electron chi connectivity index (χ3n) is 3.90. The van der Waals surface area contributed by atoms with Gasteiger partial charge < -0.3 is 57.8 Å². The van der Waals surface area contributed by atoms with Crippen molar-refractivity contribution in [2.24, 2.45) is 5.73 Å². The highest BCUT2D eigenvalue weighted by molar-refractivity contribution is 4.38. The Kier molecular flexibility index (Phi) is 32.1. The van der Waals surface area contributed by atoms with Crippen LogP contribution in [0.4, 0.5) is 0 Å². The van der Waals surface area contributed by atoms with Gasteiger partial charge in [-0.2, -0.15) is 0 Å². The Morgan fingerprint density at radius 3 is 0.647 bits per heavy atom. The van der Waals surface area contributed by atoms with Crippen LogP contribution in [0.2, 0.25) is 0 Å². The molecular weight excluding hydrogens is 454 g/mol. The highest BCUT2D eigenvalue weighted by Crippen LogP contribution is 1.86. The Labute approximate surface area is 204 Å². The van der Waals surface area contributed by atoms with E-state index in [2.05, 4.69) is 0 Å². The molecular formula is C22H47NO11. The van der Waals surface area contributed by atoms with Crippen LogP contribution in [0, 0.1) is 0 Å². The summed E-state index contributed by atoms with van der Waals surface area (Å²) in [4.78, 5) is 0. The molecule has 0 spiro atoms. The van der Waals surface area contributed by atoms with Crippen molar-refractivity contribution in [2.45, 2.75) is 0 Å². The van der Waals surface area contributed by atoms with Crippen LogP contribution in [-0.2, 0) is 52.1 Å². The molecule has 0 aliphatic rings. The summed E-state index contributed by atoms with van der Waals surface area (Å²) in [6.45, 7) is 10.9. The summed E-state index contributed by atoms with van der Waals surface area (Å²) in [5, 5.41) is 0. The molecule has 0 unspecified atom stereocenters. The summed E-state index contributed by atoms with van der Waals surface area (Å²) in [5.41, 5.74) is 5.19. The van der Waals surface area contributed by atoms with Gasteiger partial charge >= 0.3 is 0 Å². The van der Waals surface area contributed by atoms with E-state index < -0.39 is 0 Å². The molecule has 0 bridgehead atoms. The summed E-state index contributed by atoms with van der Waals surface area (Å²) in [7, 11) is 1.64. The largest absolute Gasteiger partial charge is 0.382 e. The molecule has 0 rings (SSSR count). The van der Waals surface area contributed by atoms with Crippen molar-refractivity contribution in [3.8, 4) is 0 Å². The average Bonchev–Trinajstić information content (AvgIpc) is 2.85. The van der Waals surface area contributed by atoms with Crippen LogP contribution >= 0.6 is 0 Å². The molecule has 0 aliphatic carbocycles. The van der Waals surface area contributed by atoms with E-state index in [1.165, 1.54) is 0 Å². The third kappa shape index (κ3) is 31.5. The second kappa shape index (κ2) is 32.5. The molecule has 0 aromatic rings. The van der Waals surface area contributed by atoms with Crippen molar-refractivity contribution >= 4 is 0 Å². The second-order valence-corrected chi connectivity index (χ2v) is 6.58. The summed E-state index contributed by atoms with van der Waals surface area (Å²) in [6.07, 6.45) is 0. The monoisotopic (exact) mass is 501 g/mol. The van der Waals surface area contributed by atoms with Crippen molar-refractivity contribution in [1.29, 1.82) is 0 Å². The third-order valence-corrected chi connectivity index (χ3v) is 3.90. The molecule has 12 nitrogen and oxygen atoms in total. The molecule has 0 saturated carbocycles. The predicted octanol–water partition coefficient (Wildman–Crippen LogP) is -0.285. The standard InChI is InChI=1S/C22H47NO11/c1-24-2-3-25-4-5-26-6-7-27-8-9-28-10-11-29-12-13-30-14-15-31-16-17-32-18-19-33-20-21-34-22-23/h2-23H2,1H3. The molecule has 0 aromatic carbocycles. The maximum Gasteiger partial charge on any atom is 0.0941 e. The molecule has 0 saturated heterocycles. The number of methoxy groups -OCH3 is 1.